The summed E-state index contributed by atoms with van der Waals surface area (Å²) in [7, 11) is 0. The SMILES string of the molecule is CC(=O)Oc1ccc2c(C)c(CC(=O)N3CCN(C(c4ccccc4)c4ccccc4)CC3)c(=O)oc2c1OC(C)=O. The van der Waals surface area contributed by atoms with Gasteiger partial charge in [0.25, 0.3) is 0 Å². The topological polar surface area (TPSA) is 106 Å². The number of fused-ring (bicyclic) bond motifs is 1. The molecule has 9 heteroatoms. The van der Waals surface area contributed by atoms with Crippen molar-refractivity contribution in [1.29, 1.82) is 0 Å². The fourth-order valence-electron chi connectivity index (χ4n) is 5.47. The van der Waals surface area contributed by atoms with Crippen molar-refractivity contribution in [2.75, 3.05) is 26.2 Å². The van der Waals surface area contributed by atoms with Crippen LogP contribution in [0.5, 0.6) is 11.5 Å². The van der Waals surface area contributed by atoms with Gasteiger partial charge in [0.2, 0.25) is 11.7 Å². The number of benzene rings is 3. The minimum Gasteiger partial charge on any atom is -0.423 e. The van der Waals surface area contributed by atoms with Crippen molar-refractivity contribution in [2.24, 2.45) is 0 Å². The molecule has 3 aromatic carbocycles. The average molecular weight is 569 g/mol. The van der Waals surface area contributed by atoms with Crippen LogP contribution in [0, 0.1) is 6.92 Å². The van der Waals surface area contributed by atoms with Crippen molar-refractivity contribution < 1.29 is 28.3 Å². The molecule has 0 aliphatic carbocycles. The van der Waals surface area contributed by atoms with Crippen LogP contribution >= 0.6 is 0 Å². The predicted molar refractivity (Wildman–Crippen MR) is 156 cm³/mol. The number of carbonyl (C=O) groups excluding carboxylic acids is 3. The molecule has 0 saturated carbocycles. The van der Waals surface area contributed by atoms with Crippen molar-refractivity contribution in [3.05, 3.63) is 105 Å². The summed E-state index contributed by atoms with van der Waals surface area (Å²) in [5, 5.41) is 0.475. The lowest BCUT2D eigenvalue weighted by atomic mass is 9.96. The van der Waals surface area contributed by atoms with E-state index in [1.165, 1.54) is 31.0 Å². The van der Waals surface area contributed by atoms with Gasteiger partial charge >= 0.3 is 17.6 Å². The van der Waals surface area contributed by atoms with E-state index in [-0.39, 0.29) is 41.0 Å². The lowest BCUT2D eigenvalue weighted by molar-refractivity contribution is -0.134. The summed E-state index contributed by atoms with van der Waals surface area (Å²) in [6.07, 6.45) is -0.125. The third kappa shape index (κ3) is 6.11. The largest absolute Gasteiger partial charge is 0.423 e. The van der Waals surface area contributed by atoms with E-state index in [2.05, 4.69) is 29.2 Å². The first-order valence-electron chi connectivity index (χ1n) is 13.8. The van der Waals surface area contributed by atoms with Gasteiger partial charge in [-0.15, -0.1) is 0 Å². The molecule has 0 N–H and O–H groups in total. The van der Waals surface area contributed by atoms with E-state index in [1.54, 1.807) is 17.9 Å². The standard InChI is InChI=1S/C33H32N2O7/c1-21-26-14-15-28(40-22(2)36)32(41-23(3)37)31(26)42-33(39)27(21)20-29(38)34-16-18-35(19-17-34)30(24-10-6-4-7-11-24)25-12-8-5-9-13-25/h4-15,30H,16-20H2,1-3H3. The van der Waals surface area contributed by atoms with Crippen LogP contribution in [0.15, 0.2) is 82.0 Å². The number of ether oxygens (including phenoxy) is 2. The molecule has 1 saturated heterocycles. The molecular formula is C33H32N2O7. The second kappa shape index (κ2) is 12.4. The maximum absolute atomic E-state index is 13.4. The quantitative estimate of drug-likeness (QED) is 0.183. The maximum Gasteiger partial charge on any atom is 0.340 e. The number of hydrogen-bond donors (Lipinski definition) is 0. The average Bonchev–Trinajstić information content (AvgIpc) is 2.98. The van der Waals surface area contributed by atoms with Crippen LogP contribution < -0.4 is 15.1 Å². The Morgan fingerprint density at radius 1 is 0.810 bits per heavy atom. The van der Waals surface area contributed by atoms with Gasteiger partial charge in [0.15, 0.2) is 11.3 Å². The molecule has 1 aliphatic heterocycles. The van der Waals surface area contributed by atoms with Crippen LogP contribution in [-0.2, 0) is 20.8 Å². The predicted octanol–water partition coefficient (Wildman–Crippen LogP) is 4.43. The fourth-order valence-corrected chi connectivity index (χ4v) is 5.47. The van der Waals surface area contributed by atoms with E-state index < -0.39 is 17.6 Å². The number of rotatable bonds is 7. The highest BCUT2D eigenvalue weighted by atomic mass is 16.6. The number of carbonyl (C=O) groups is 3. The molecule has 1 fully saturated rings. The first kappa shape index (κ1) is 28.8. The Bertz CT molecular complexity index is 1630. The highest BCUT2D eigenvalue weighted by Crippen LogP contribution is 2.37. The summed E-state index contributed by atoms with van der Waals surface area (Å²) in [6.45, 7) is 6.52. The Morgan fingerprint density at radius 3 is 1.93 bits per heavy atom. The van der Waals surface area contributed by atoms with E-state index in [0.717, 1.165) is 0 Å². The van der Waals surface area contributed by atoms with Crippen LogP contribution in [-0.4, -0.2) is 53.8 Å². The van der Waals surface area contributed by atoms with Gasteiger partial charge in [0, 0.05) is 45.4 Å². The molecule has 42 heavy (non-hydrogen) atoms. The van der Waals surface area contributed by atoms with Gasteiger partial charge in [-0.2, -0.15) is 0 Å². The molecule has 4 aromatic rings. The summed E-state index contributed by atoms with van der Waals surface area (Å²) >= 11 is 0. The highest BCUT2D eigenvalue weighted by Gasteiger charge is 2.29. The molecule has 1 aromatic heterocycles. The third-order valence-corrected chi connectivity index (χ3v) is 7.46. The zero-order chi connectivity index (χ0) is 29.8. The third-order valence-electron chi connectivity index (χ3n) is 7.46. The van der Waals surface area contributed by atoms with Crippen LogP contribution in [0.3, 0.4) is 0 Å². The number of nitrogens with zero attached hydrogens (tertiary/aromatic N) is 2. The molecule has 0 atom stereocenters. The number of aryl methyl sites for hydroxylation is 1. The Morgan fingerprint density at radius 2 is 1.38 bits per heavy atom. The molecule has 5 rings (SSSR count). The van der Waals surface area contributed by atoms with Gasteiger partial charge in [-0.05, 0) is 35.7 Å². The number of hydrogen-bond acceptors (Lipinski definition) is 8. The van der Waals surface area contributed by atoms with Crippen molar-refractivity contribution in [1.82, 2.24) is 9.80 Å². The second-order valence-electron chi connectivity index (χ2n) is 10.3. The summed E-state index contributed by atoms with van der Waals surface area (Å²) in [6, 6.07) is 23.8. The molecule has 0 radical (unpaired) electrons. The molecule has 0 bridgehead atoms. The molecule has 1 aliphatic rings. The van der Waals surface area contributed by atoms with Crippen molar-refractivity contribution >= 4 is 28.8 Å². The van der Waals surface area contributed by atoms with E-state index in [4.69, 9.17) is 13.9 Å². The zero-order valence-corrected chi connectivity index (χ0v) is 23.8. The lowest BCUT2D eigenvalue weighted by Gasteiger charge is -2.40. The Kier molecular flexibility index (Phi) is 8.49. The smallest absolute Gasteiger partial charge is 0.340 e. The van der Waals surface area contributed by atoms with Crippen molar-refractivity contribution in [3.8, 4) is 11.5 Å². The van der Waals surface area contributed by atoms with Crippen LogP contribution in [0.1, 0.15) is 42.1 Å². The fraction of sp³-hybridized carbons (Fsp3) is 0.273. The first-order chi connectivity index (χ1) is 20.2. The molecule has 216 valence electrons. The number of esters is 2. The molecule has 0 spiro atoms. The van der Waals surface area contributed by atoms with E-state index >= 15 is 0 Å². The molecule has 0 unspecified atom stereocenters. The summed E-state index contributed by atoms with van der Waals surface area (Å²) in [5.74, 6) is -1.66. The van der Waals surface area contributed by atoms with Gasteiger partial charge in [-0.1, -0.05) is 60.7 Å². The van der Waals surface area contributed by atoms with E-state index in [1.807, 2.05) is 36.4 Å². The maximum atomic E-state index is 13.4. The van der Waals surface area contributed by atoms with Crippen molar-refractivity contribution in [2.45, 2.75) is 33.2 Å². The van der Waals surface area contributed by atoms with Crippen LogP contribution in [0.4, 0.5) is 0 Å². The summed E-state index contributed by atoms with van der Waals surface area (Å²) < 4.78 is 16.0. The molecule has 2 heterocycles. The monoisotopic (exact) mass is 568 g/mol. The number of amides is 1. The Labute approximate surface area is 243 Å². The highest BCUT2D eigenvalue weighted by molar-refractivity contribution is 5.92. The van der Waals surface area contributed by atoms with Crippen molar-refractivity contribution in [3.63, 3.8) is 0 Å². The van der Waals surface area contributed by atoms with Gasteiger partial charge in [0.1, 0.15) is 0 Å². The van der Waals surface area contributed by atoms with Crippen LogP contribution in [0.25, 0.3) is 11.0 Å². The van der Waals surface area contributed by atoms with Crippen LogP contribution in [0.2, 0.25) is 0 Å². The second-order valence-corrected chi connectivity index (χ2v) is 10.3. The molecule has 9 nitrogen and oxygen atoms in total. The number of piperazine rings is 1. The summed E-state index contributed by atoms with van der Waals surface area (Å²) in [5.41, 5.74) is 2.41. The first-order valence-corrected chi connectivity index (χ1v) is 13.8. The lowest BCUT2D eigenvalue weighted by Crippen LogP contribution is -2.50. The Balaban J connectivity index is 1.35. The van der Waals surface area contributed by atoms with E-state index in [0.29, 0.717) is 37.1 Å². The minimum absolute atomic E-state index is 0.0240. The molecule has 1 amide bonds. The Hall–Kier alpha value is -4.76. The van der Waals surface area contributed by atoms with Gasteiger partial charge < -0.3 is 18.8 Å². The van der Waals surface area contributed by atoms with Gasteiger partial charge in [0.05, 0.1) is 18.0 Å². The zero-order valence-electron chi connectivity index (χ0n) is 23.8. The van der Waals surface area contributed by atoms with Gasteiger partial charge in [-0.3, -0.25) is 19.3 Å². The summed E-state index contributed by atoms with van der Waals surface area (Å²) in [4.78, 5) is 54.0. The minimum atomic E-state index is -0.714. The normalized spacial score (nSPS) is 13.8. The van der Waals surface area contributed by atoms with E-state index in [9.17, 15) is 19.2 Å². The molecular weight excluding hydrogens is 536 g/mol. The van der Waals surface area contributed by atoms with Gasteiger partial charge in [-0.25, -0.2) is 4.79 Å².